The molecule has 0 N–H and O–H groups in total. The maximum Gasteiger partial charge on any atom is 0.335 e. The predicted octanol–water partition coefficient (Wildman–Crippen LogP) is 4.82. The van der Waals surface area contributed by atoms with Gasteiger partial charge in [-0.25, -0.2) is 4.79 Å². The summed E-state index contributed by atoms with van der Waals surface area (Å²) in [5, 5.41) is 0. The molecule has 2 heterocycles. The fourth-order valence-corrected chi connectivity index (χ4v) is 5.40. The molecule has 4 heteroatoms. The van der Waals surface area contributed by atoms with Crippen molar-refractivity contribution in [2.24, 2.45) is 11.8 Å². The molecule has 2 aromatic carbocycles. The van der Waals surface area contributed by atoms with Gasteiger partial charge in [-0.2, -0.15) is 0 Å². The first-order valence-corrected chi connectivity index (χ1v) is 11.3. The van der Waals surface area contributed by atoms with Gasteiger partial charge in [0.05, 0.1) is 0 Å². The van der Waals surface area contributed by atoms with Crippen LogP contribution in [-0.4, -0.2) is 29.9 Å². The molecule has 31 heavy (non-hydrogen) atoms. The Balaban J connectivity index is 1.42. The minimum Gasteiger partial charge on any atom is -0.446 e. The minimum absolute atomic E-state index is 0.0544. The Morgan fingerprint density at radius 2 is 1.77 bits per heavy atom. The average molecular weight is 416 g/mol. The van der Waals surface area contributed by atoms with E-state index in [0.29, 0.717) is 31.3 Å². The van der Waals surface area contributed by atoms with Crippen LogP contribution in [0.4, 0.5) is 0 Å². The first-order chi connectivity index (χ1) is 15.0. The first-order valence-electron chi connectivity index (χ1n) is 11.3. The Morgan fingerprint density at radius 1 is 1.10 bits per heavy atom. The number of ether oxygens (including phenoxy) is 1. The van der Waals surface area contributed by atoms with Gasteiger partial charge in [0.25, 0.3) is 0 Å². The van der Waals surface area contributed by atoms with Gasteiger partial charge in [0, 0.05) is 30.2 Å². The van der Waals surface area contributed by atoms with Crippen LogP contribution in [0.3, 0.4) is 0 Å². The number of benzene rings is 2. The zero-order valence-electron chi connectivity index (χ0n) is 18.2. The maximum atomic E-state index is 13.4. The zero-order valence-corrected chi connectivity index (χ0v) is 18.2. The lowest BCUT2D eigenvalue weighted by molar-refractivity contribution is -0.149. The Bertz CT molecular complexity index is 1030. The summed E-state index contributed by atoms with van der Waals surface area (Å²) >= 11 is 0. The van der Waals surface area contributed by atoms with E-state index >= 15 is 0 Å². The highest BCUT2D eigenvalue weighted by Gasteiger charge is 2.52. The molecule has 0 aromatic heterocycles. The maximum absolute atomic E-state index is 13.4. The summed E-state index contributed by atoms with van der Waals surface area (Å²) in [5.74, 6) is 0.724. The molecule has 3 unspecified atom stereocenters. The number of esters is 1. The SMILES string of the molecule is CC(C)CC1(c2ccccc2)OC(=O)C2=C1CN(C(=O)C1CC1c1ccccc1)CC2. The van der Waals surface area contributed by atoms with E-state index in [9.17, 15) is 9.59 Å². The standard InChI is InChI=1S/C27H29NO3/c1-18(2)16-27(20-11-7-4-8-12-20)24-17-28(14-13-21(24)26(30)31-27)25(29)23-15-22(23)19-9-5-3-6-10-19/h3-12,18,22-23H,13-17H2,1-2H3. The van der Waals surface area contributed by atoms with Crippen molar-refractivity contribution in [3.63, 3.8) is 0 Å². The van der Waals surface area contributed by atoms with Crippen LogP contribution in [0.25, 0.3) is 0 Å². The monoisotopic (exact) mass is 415 g/mol. The lowest BCUT2D eigenvalue weighted by Crippen LogP contribution is -2.42. The van der Waals surface area contributed by atoms with Crippen LogP contribution < -0.4 is 0 Å². The predicted molar refractivity (Wildman–Crippen MR) is 119 cm³/mol. The molecule has 2 aliphatic heterocycles. The fraction of sp³-hybridized carbons (Fsp3) is 0.407. The summed E-state index contributed by atoms with van der Waals surface area (Å²) in [6, 6.07) is 20.3. The molecule has 4 nitrogen and oxygen atoms in total. The Hall–Kier alpha value is -2.88. The van der Waals surface area contributed by atoms with E-state index in [1.54, 1.807) is 0 Å². The average Bonchev–Trinajstić information content (AvgIpc) is 3.54. The van der Waals surface area contributed by atoms with Crippen molar-refractivity contribution in [3.8, 4) is 0 Å². The summed E-state index contributed by atoms with van der Waals surface area (Å²) in [6.07, 6.45) is 2.21. The van der Waals surface area contributed by atoms with E-state index in [1.165, 1.54) is 5.56 Å². The quantitative estimate of drug-likeness (QED) is 0.658. The van der Waals surface area contributed by atoms with Gasteiger partial charge in [-0.3, -0.25) is 4.79 Å². The van der Waals surface area contributed by atoms with Gasteiger partial charge < -0.3 is 9.64 Å². The van der Waals surface area contributed by atoms with Crippen molar-refractivity contribution in [1.82, 2.24) is 4.90 Å². The Morgan fingerprint density at radius 3 is 2.45 bits per heavy atom. The number of amides is 1. The summed E-state index contributed by atoms with van der Waals surface area (Å²) < 4.78 is 6.14. The van der Waals surface area contributed by atoms with E-state index in [4.69, 9.17) is 4.74 Å². The highest BCUT2D eigenvalue weighted by atomic mass is 16.6. The lowest BCUT2D eigenvalue weighted by Gasteiger charge is -2.37. The molecular formula is C27H29NO3. The molecule has 3 aliphatic rings. The van der Waals surface area contributed by atoms with E-state index in [1.807, 2.05) is 53.4 Å². The molecule has 1 amide bonds. The molecule has 5 rings (SSSR count). The third-order valence-electron chi connectivity index (χ3n) is 6.93. The molecule has 0 bridgehead atoms. The Kier molecular flexibility index (Phi) is 4.96. The topological polar surface area (TPSA) is 46.6 Å². The van der Waals surface area contributed by atoms with Gasteiger partial charge >= 0.3 is 5.97 Å². The van der Waals surface area contributed by atoms with Crippen molar-refractivity contribution in [2.75, 3.05) is 13.1 Å². The summed E-state index contributed by atoms with van der Waals surface area (Å²) in [6.45, 7) is 5.38. The number of nitrogens with zero attached hydrogens (tertiary/aromatic N) is 1. The number of rotatable bonds is 5. The lowest BCUT2D eigenvalue weighted by atomic mass is 9.77. The summed E-state index contributed by atoms with van der Waals surface area (Å²) in [7, 11) is 0. The van der Waals surface area contributed by atoms with Crippen molar-refractivity contribution >= 4 is 11.9 Å². The van der Waals surface area contributed by atoms with Crippen molar-refractivity contribution in [3.05, 3.63) is 82.9 Å². The number of carbonyl (C=O) groups excluding carboxylic acids is 2. The number of cyclic esters (lactones) is 1. The molecule has 0 saturated heterocycles. The van der Waals surface area contributed by atoms with Crippen LogP contribution in [0, 0.1) is 11.8 Å². The second-order valence-corrected chi connectivity index (χ2v) is 9.51. The van der Waals surface area contributed by atoms with Crippen LogP contribution in [0.5, 0.6) is 0 Å². The number of hydrogen-bond donors (Lipinski definition) is 0. The normalized spacial score (nSPS) is 27.3. The number of hydrogen-bond acceptors (Lipinski definition) is 3. The highest BCUT2D eigenvalue weighted by molar-refractivity contribution is 5.94. The van der Waals surface area contributed by atoms with E-state index < -0.39 is 5.60 Å². The van der Waals surface area contributed by atoms with Crippen LogP contribution in [0.2, 0.25) is 0 Å². The second-order valence-electron chi connectivity index (χ2n) is 9.51. The summed E-state index contributed by atoms with van der Waals surface area (Å²) in [5.41, 5.74) is 3.27. The van der Waals surface area contributed by atoms with Crippen molar-refractivity contribution in [1.29, 1.82) is 0 Å². The molecule has 2 aromatic rings. The molecule has 0 radical (unpaired) electrons. The third kappa shape index (κ3) is 3.48. The van der Waals surface area contributed by atoms with Gasteiger partial charge in [0.2, 0.25) is 5.91 Å². The summed E-state index contributed by atoms with van der Waals surface area (Å²) in [4.78, 5) is 28.2. The van der Waals surface area contributed by atoms with Gasteiger partial charge in [0.1, 0.15) is 0 Å². The van der Waals surface area contributed by atoms with Gasteiger partial charge in [0.15, 0.2) is 5.60 Å². The first kappa shape index (κ1) is 20.0. The van der Waals surface area contributed by atoms with Crippen LogP contribution in [0.1, 0.15) is 50.2 Å². The molecule has 0 spiro atoms. The molecule has 1 saturated carbocycles. The smallest absolute Gasteiger partial charge is 0.335 e. The number of carbonyl (C=O) groups is 2. The molecule has 160 valence electrons. The second kappa shape index (κ2) is 7.67. The molecule has 3 atom stereocenters. The largest absolute Gasteiger partial charge is 0.446 e. The molecule has 1 aliphatic carbocycles. The van der Waals surface area contributed by atoms with Crippen LogP contribution >= 0.6 is 0 Å². The van der Waals surface area contributed by atoms with Crippen LogP contribution in [0.15, 0.2) is 71.8 Å². The molecule has 1 fully saturated rings. The van der Waals surface area contributed by atoms with Gasteiger partial charge in [-0.05, 0) is 42.2 Å². The van der Waals surface area contributed by atoms with Crippen LogP contribution in [-0.2, 0) is 19.9 Å². The fourth-order valence-electron chi connectivity index (χ4n) is 5.40. The van der Waals surface area contributed by atoms with E-state index in [2.05, 4.69) is 26.0 Å². The van der Waals surface area contributed by atoms with Gasteiger partial charge in [-0.15, -0.1) is 0 Å². The van der Waals surface area contributed by atoms with E-state index in [-0.39, 0.29) is 17.8 Å². The third-order valence-corrected chi connectivity index (χ3v) is 6.93. The van der Waals surface area contributed by atoms with Crippen molar-refractivity contribution < 1.29 is 14.3 Å². The van der Waals surface area contributed by atoms with Crippen molar-refractivity contribution in [2.45, 2.75) is 44.6 Å². The van der Waals surface area contributed by atoms with Gasteiger partial charge in [-0.1, -0.05) is 74.5 Å². The molecular weight excluding hydrogens is 386 g/mol. The highest BCUT2D eigenvalue weighted by Crippen LogP contribution is 2.51. The minimum atomic E-state index is -0.761. The van der Waals surface area contributed by atoms with E-state index in [0.717, 1.165) is 29.6 Å². The zero-order chi connectivity index (χ0) is 21.6. The Labute approximate surface area is 183 Å².